The molecule has 20 heavy (non-hydrogen) atoms. The summed E-state index contributed by atoms with van der Waals surface area (Å²) in [6, 6.07) is 0. The SMILES string of the molecule is Cc1nn(C)c(C)c1CC(=O)NCCC(=O)OC(C)C. The Kier molecular flexibility index (Phi) is 5.73. The molecule has 1 heterocycles. The third kappa shape index (κ3) is 4.68. The monoisotopic (exact) mass is 281 g/mol. The van der Waals surface area contributed by atoms with Gasteiger partial charge in [-0.25, -0.2) is 0 Å². The minimum absolute atomic E-state index is 0.110. The Morgan fingerprint density at radius 2 is 2.00 bits per heavy atom. The second kappa shape index (κ2) is 7.07. The van der Waals surface area contributed by atoms with E-state index in [1.165, 1.54) is 0 Å². The summed E-state index contributed by atoms with van der Waals surface area (Å²) in [5.74, 6) is -0.407. The van der Waals surface area contributed by atoms with Gasteiger partial charge in [-0.3, -0.25) is 14.3 Å². The van der Waals surface area contributed by atoms with Gasteiger partial charge in [0.15, 0.2) is 0 Å². The Balaban J connectivity index is 2.39. The molecule has 0 aromatic carbocycles. The molecule has 0 saturated heterocycles. The lowest BCUT2D eigenvalue weighted by atomic mass is 10.1. The second-order valence-corrected chi connectivity index (χ2v) is 5.09. The zero-order valence-electron chi connectivity index (χ0n) is 12.8. The van der Waals surface area contributed by atoms with Gasteiger partial charge >= 0.3 is 5.97 Å². The number of rotatable bonds is 6. The number of amides is 1. The zero-order valence-corrected chi connectivity index (χ0v) is 12.8. The zero-order chi connectivity index (χ0) is 15.3. The molecule has 0 aliphatic rings. The van der Waals surface area contributed by atoms with Crippen LogP contribution in [0.25, 0.3) is 0 Å². The molecule has 1 rings (SSSR count). The van der Waals surface area contributed by atoms with E-state index in [9.17, 15) is 9.59 Å². The van der Waals surface area contributed by atoms with E-state index >= 15 is 0 Å². The van der Waals surface area contributed by atoms with Crippen LogP contribution in [0.5, 0.6) is 0 Å². The maximum Gasteiger partial charge on any atom is 0.307 e. The molecule has 112 valence electrons. The molecule has 0 fully saturated rings. The molecule has 6 heteroatoms. The lowest BCUT2D eigenvalue weighted by molar-refractivity contribution is -0.147. The van der Waals surface area contributed by atoms with Crippen LogP contribution < -0.4 is 5.32 Å². The maximum absolute atomic E-state index is 11.8. The van der Waals surface area contributed by atoms with Crippen LogP contribution in [0.3, 0.4) is 0 Å². The highest BCUT2D eigenvalue weighted by Crippen LogP contribution is 2.12. The van der Waals surface area contributed by atoms with E-state index in [0.717, 1.165) is 17.0 Å². The van der Waals surface area contributed by atoms with E-state index in [2.05, 4.69) is 10.4 Å². The standard InChI is InChI=1S/C14H23N3O3/c1-9(2)20-14(19)6-7-15-13(18)8-12-10(3)16-17(5)11(12)4/h9H,6-8H2,1-5H3,(H,15,18). The number of nitrogens with zero attached hydrogens (tertiary/aromatic N) is 2. The maximum atomic E-state index is 11.8. The number of aryl methyl sites for hydroxylation is 2. The van der Waals surface area contributed by atoms with Gasteiger partial charge in [0.25, 0.3) is 0 Å². The average Bonchev–Trinajstić information content (AvgIpc) is 2.55. The summed E-state index contributed by atoms with van der Waals surface area (Å²) in [6.45, 7) is 7.70. The minimum atomic E-state index is -0.297. The van der Waals surface area contributed by atoms with E-state index in [0.29, 0.717) is 6.54 Å². The summed E-state index contributed by atoms with van der Waals surface area (Å²) < 4.78 is 6.75. The van der Waals surface area contributed by atoms with Crippen LogP contribution >= 0.6 is 0 Å². The van der Waals surface area contributed by atoms with Crippen LogP contribution in [0.15, 0.2) is 0 Å². The molecular formula is C14H23N3O3. The van der Waals surface area contributed by atoms with Crippen molar-refractivity contribution in [2.75, 3.05) is 6.54 Å². The smallest absolute Gasteiger partial charge is 0.307 e. The quantitative estimate of drug-likeness (QED) is 0.791. The van der Waals surface area contributed by atoms with Crippen molar-refractivity contribution in [3.63, 3.8) is 0 Å². The molecule has 0 saturated carbocycles. The van der Waals surface area contributed by atoms with Crippen LogP contribution in [0.4, 0.5) is 0 Å². The largest absolute Gasteiger partial charge is 0.463 e. The van der Waals surface area contributed by atoms with E-state index < -0.39 is 0 Å². The highest BCUT2D eigenvalue weighted by Gasteiger charge is 2.13. The van der Waals surface area contributed by atoms with Crippen molar-refractivity contribution in [1.29, 1.82) is 0 Å². The van der Waals surface area contributed by atoms with Crippen molar-refractivity contribution < 1.29 is 14.3 Å². The molecule has 0 spiro atoms. The first kappa shape index (κ1) is 16.2. The predicted octanol–water partition coefficient (Wildman–Crippen LogP) is 1.04. The molecule has 1 aromatic heterocycles. The van der Waals surface area contributed by atoms with Crippen molar-refractivity contribution in [2.45, 2.75) is 46.6 Å². The Morgan fingerprint density at radius 3 is 2.50 bits per heavy atom. The summed E-state index contributed by atoms with van der Waals surface area (Å²) in [5.41, 5.74) is 2.78. The van der Waals surface area contributed by atoms with Gasteiger partial charge in [0, 0.05) is 24.8 Å². The van der Waals surface area contributed by atoms with Crippen molar-refractivity contribution in [2.24, 2.45) is 7.05 Å². The normalized spacial score (nSPS) is 10.7. The molecule has 1 aromatic rings. The predicted molar refractivity (Wildman–Crippen MR) is 75.2 cm³/mol. The third-order valence-electron chi connectivity index (χ3n) is 3.01. The molecule has 0 aliphatic heterocycles. The first-order valence-electron chi connectivity index (χ1n) is 6.76. The van der Waals surface area contributed by atoms with E-state index in [4.69, 9.17) is 4.74 Å². The number of aromatic nitrogens is 2. The third-order valence-corrected chi connectivity index (χ3v) is 3.01. The number of nitrogens with one attached hydrogen (secondary N) is 1. The minimum Gasteiger partial charge on any atom is -0.463 e. The molecule has 6 nitrogen and oxygen atoms in total. The molecule has 0 radical (unpaired) electrons. The molecule has 1 N–H and O–H groups in total. The first-order chi connectivity index (χ1) is 9.31. The van der Waals surface area contributed by atoms with Crippen molar-refractivity contribution >= 4 is 11.9 Å². The summed E-state index contributed by atoms with van der Waals surface area (Å²) in [7, 11) is 1.85. The number of carbonyl (C=O) groups excluding carboxylic acids is 2. The van der Waals surface area contributed by atoms with Crippen LogP contribution in [0.2, 0.25) is 0 Å². The van der Waals surface area contributed by atoms with Crippen molar-refractivity contribution in [1.82, 2.24) is 15.1 Å². The lowest BCUT2D eigenvalue weighted by Gasteiger charge is -2.08. The van der Waals surface area contributed by atoms with Gasteiger partial charge in [-0.1, -0.05) is 0 Å². The highest BCUT2D eigenvalue weighted by atomic mass is 16.5. The van der Waals surface area contributed by atoms with E-state index in [1.54, 1.807) is 18.5 Å². The van der Waals surface area contributed by atoms with Gasteiger partial charge in [0.05, 0.1) is 24.6 Å². The molecule has 0 bridgehead atoms. The van der Waals surface area contributed by atoms with Gasteiger partial charge in [-0.05, 0) is 27.7 Å². The number of ether oxygens (including phenoxy) is 1. The number of hydrogen-bond donors (Lipinski definition) is 1. The van der Waals surface area contributed by atoms with Crippen LogP contribution in [-0.4, -0.2) is 34.3 Å². The fourth-order valence-electron chi connectivity index (χ4n) is 1.92. The number of carbonyl (C=O) groups is 2. The Morgan fingerprint density at radius 1 is 1.35 bits per heavy atom. The Bertz CT molecular complexity index is 492. The van der Waals surface area contributed by atoms with Gasteiger partial charge in [-0.2, -0.15) is 5.10 Å². The summed E-state index contributed by atoms with van der Waals surface area (Å²) in [5, 5.41) is 6.99. The molecular weight excluding hydrogens is 258 g/mol. The average molecular weight is 281 g/mol. The summed E-state index contributed by atoms with van der Waals surface area (Å²) in [6.07, 6.45) is 0.346. The number of esters is 1. The Hall–Kier alpha value is -1.85. The summed E-state index contributed by atoms with van der Waals surface area (Å²) in [4.78, 5) is 23.1. The lowest BCUT2D eigenvalue weighted by Crippen LogP contribution is -2.28. The Labute approximate surface area is 119 Å². The second-order valence-electron chi connectivity index (χ2n) is 5.09. The van der Waals surface area contributed by atoms with Gasteiger partial charge in [0.1, 0.15) is 0 Å². The van der Waals surface area contributed by atoms with Crippen LogP contribution in [0.1, 0.15) is 37.2 Å². The highest BCUT2D eigenvalue weighted by molar-refractivity contribution is 5.79. The van der Waals surface area contributed by atoms with Crippen molar-refractivity contribution in [3.8, 4) is 0 Å². The molecule has 1 amide bonds. The number of hydrogen-bond acceptors (Lipinski definition) is 4. The first-order valence-corrected chi connectivity index (χ1v) is 6.76. The topological polar surface area (TPSA) is 73.2 Å². The summed E-state index contributed by atoms with van der Waals surface area (Å²) >= 11 is 0. The molecule has 0 unspecified atom stereocenters. The van der Waals surface area contributed by atoms with Gasteiger partial charge in [-0.15, -0.1) is 0 Å². The van der Waals surface area contributed by atoms with E-state index in [1.807, 2.05) is 20.9 Å². The van der Waals surface area contributed by atoms with Crippen LogP contribution in [-0.2, 0) is 27.8 Å². The van der Waals surface area contributed by atoms with Crippen LogP contribution in [0, 0.1) is 13.8 Å². The fraction of sp³-hybridized carbons (Fsp3) is 0.643. The molecule has 0 aliphatic carbocycles. The van der Waals surface area contributed by atoms with E-state index in [-0.39, 0.29) is 30.8 Å². The molecule has 0 atom stereocenters. The fourth-order valence-corrected chi connectivity index (χ4v) is 1.92. The van der Waals surface area contributed by atoms with Gasteiger partial charge in [0.2, 0.25) is 5.91 Å². The van der Waals surface area contributed by atoms with Gasteiger partial charge < -0.3 is 10.1 Å². The van der Waals surface area contributed by atoms with Crippen molar-refractivity contribution in [3.05, 3.63) is 17.0 Å².